The largest absolute Gasteiger partial charge is 0.396 e. The lowest BCUT2D eigenvalue weighted by Gasteiger charge is -2.30. The van der Waals surface area contributed by atoms with Crippen molar-refractivity contribution < 1.29 is 29.0 Å². The van der Waals surface area contributed by atoms with Gasteiger partial charge in [0.25, 0.3) is 5.56 Å². The highest BCUT2D eigenvalue weighted by molar-refractivity contribution is 5.92. The van der Waals surface area contributed by atoms with Crippen molar-refractivity contribution in [3.8, 4) is 0 Å². The summed E-state index contributed by atoms with van der Waals surface area (Å²) in [5, 5.41) is 20.4. The summed E-state index contributed by atoms with van der Waals surface area (Å²) in [4.78, 5) is 57.3. The van der Waals surface area contributed by atoms with Crippen LogP contribution in [0.5, 0.6) is 0 Å². The molecular formula is C24H22N6O7. The van der Waals surface area contributed by atoms with Crippen LogP contribution in [0, 0.1) is 5.92 Å². The Kier molecular flexibility index (Phi) is 7.06. The summed E-state index contributed by atoms with van der Waals surface area (Å²) in [6.45, 7) is 2.16. The van der Waals surface area contributed by atoms with Crippen molar-refractivity contribution in [1.82, 2.24) is 25.0 Å². The van der Waals surface area contributed by atoms with Gasteiger partial charge in [0.05, 0.1) is 11.1 Å². The minimum atomic E-state index is -2.62. The number of nitrogens with zero attached hydrogens (tertiary/aromatic N) is 4. The maximum atomic E-state index is 13.0. The van der Waals surface area contributed by atoms with E-state index in [1.54, 1.807) is 50.2 Å². The molecule has 0 bridgehead atoms. The molecule has 2 aromatic heterocycles. The topological polar surface area (TPSA) is 178 Å². The molecule has 2 heterocycles. The molecule has 2 aromatic carbocycles. The number of fused-ring (bicyclic) bond motifs is 1. The summed E-state index contributed by atoms with van der Waals surface area (Å²) >= 11 is 0. The van der Waals surface area contributed by atoms with Crippen LogP contribution in [0.1, 0.15) is 34.6 Å². The third-order valence-corrected chi connectivity index (χ3v) is 5.12. The lowest BCUT2D eigenvalue weighted by Crippen LogP contribution is -2.47. The van der Waals surface area contributed by atoms with Gasteiger partial charge in [0.1, 0.15) is 6.61 Å². The molecule has 0 aliphatic rings. The summed E-state index contributed by atoms with van der Waals surface area (Å²) in [6, 6.07) is 15.5. The number of anilines is 1. The lowest BCUT2D eigenvalue weighted by atomic mass is 10.2. The van der Waals surface area contributed by atoms with Gasteiger partial charge in [0.2, 0.25) is 11.9 Å². The van der Waals surface area contributed by atoms with E-state index in [2.05, 4.69) is 25.6 Å². The van der Waals surface area contributed by atoms with Crippen LogP contribution in [0.2, 0.25) is 0 Å². The second-order valence-electron chi connectivity index (χ2n) is 8.11. The molecule has 0 fully saturated rings. The number of aromatic amines is 1. The Morgan fingerprint density at radius 1 is 1.00 bits per heavy atom. The van der Waals surface area contributed by atoms with Crippen molar-refractivity contribution in [2.45, 2.75) is 19.8 Å². The van der Waals surface area contributed by atoms with E-state index in [-0.39, 0.29) is 28.2 Å². The van der Waals surface area contributed by atoms with E-state index in [4.69, 9.17) is 9.47 Å². The zero-order valence-electron chi connectivity index (χ0n) is 19.7. The number of ether oxygens (including phenoxy) is 2. The molecule has 1 amide bonds. The average molecular weight is 506 g/mol. The molecule has 0 unspecified atom stereocenters. The molecule has 4 aromatic rings. The molecule has 0 atom stereocenters. The third kappa shape index (κ3) is 5.21. The first-order valence-electron chi connectivity index (χ1n) is 11.1. The second kappa shape index (κ2) is 10.4. The molecule has 4 rings (SSSR count). The molecule has 37 heavy (non-hydrogen) atoms. The van der Waals surface area contributed by atoms with Crippen LogP contribution < -0.4 is 10.9 Å². The van der Waals surface area contributed by atoms with E-state index in [0.717, 1.165) is 0 Å². The number of benzene rings is 2. The summed E-state index contributed by atoms with van der Waals surface area (Å²) in [7, 11) is 0. The van der Waals surface area contributed by atoms with E-state index in [1.807, 2.05) is 0 Å². The second-order valence-corrected chi connectivity index (χ2v) is 8.11. The summed E-state index contributed by atoms with van der Waals surface area (Å²) in [5.74, 6) is -5.69. The first-order chi connectivity index (χ1) is 17.7. The maximum Gasteiger partial charge on any atom is 0.389 e. The molecule has 0 aliphatic heterocycles. The minimum Gasteiger partial charge on any atom is -0.396 e. The molecule has 190 valence electrons. The molecule has 13 heteroatoms. The van der Waals surface area contributed by atoms with Crippen LogP contribution in [0.3, 0.4) is 0 Å². The van der Waals surface area contributed by atoms with Gasteiger partial charge in [0, 0.05) is 5.92 Å². The van der Waals surface area contributed by atoms with E-state index in [1.165, 1.54) is 24.3 Å². The number of carbonyl (C=O) groups excluding carboxylic acids is 3. The van der Waals surface area contributed by atoms with E-state index in [9.17, 15) is 24.3 Å². The fourth-order valence-electron chi connectivity index (χ4n) is 3.17. The summed E-state index contributed by atoms with van der Waals surface area (Å²) in [6.07, 6.45) is 0. The smallest absolute Gasteiger partial charge is 0.389 e. The number of nitrogens with one attached hydrogen (secondary N) is 2. The van der Waals surface area contributed by atoms with Crippen molar-refractivity contribution in [2.24, 2.45) is 5.92 Å². The number of rotatable bonds is 8. The van der Waals surface area contributed by atoms with Gasteiger partial charge in [0.15, 0.2) is 11.2 Å². The number of aliphatic hydroxyl groups is 1. The quantitative estimate of drug-likeness (QED) is 0.234. The van der Waals surface area contributed by atoms with Crippen molar-refractivity contribution in [1.29, 1.82) is 0 Å². The highest BCUT2D eigenvalue weighted by Crippen LogP contribution is 2.26. The number of hydrogen-bond acceptors (Lipinski definition) is 10. The van der Waals surface area contributed by atoms with Gasteiger partial charge < -0.3 is 14.6 Å². The Labute approximate surface area is 209 Å². The Bertz CT molecular complexity index is 1450. The maximum absolute atomic E-state index is 13.0. The summed E-state index contributed by atoms with van der Waals surface area (Å²) < 4.78 is 11.7. The van der Waals surface area contributed by atoms with Crippen LogP contribution in [0.25, 0.3) is 11.2 Å². The predicted octanol–water partition coefficient (Wildman–Crippen LogP) is 1.43. The highest BCUT2D eigenvalue weighted by atomic mass is 16.8. The molecule has 3 N–H and O–H groups in total. The zero-order valence-corrected chi connectivity index (χ0v) is 19.7. The highest BCUT2D eigenvalue weighted by Gasteiger charge is 2.45. The van der Waals surface area contributed by atoms with Crippen LogP contribution in [0.4, 0.5) is 5.95 Å². The standard InChI is InChI=1S/C24H22N6O7/c1-14(2)19(32)26-23-25-18-17(20(33)27-23)28-29-30(18)24(13-31,36-21(34)15-9-5-3-6-10-15)37-22(35)16-11-7-4-8-12-16/h3-12,14,31H,13H2,1-2H3,(H2,25,26,27,32,33). The van der Waals surface area contributed by atoms with Crippen LogP contribution >= 0.6 is 0 Å². The number of hydrogen-bond donors (Lipinski definition) is 3. The molecule has 0 aliphatic carbocycles. The fourth-order valence-corrected chi connectivity index (χ4v) is 3.17. The number of amides is 1. The van der Waals surface area contributed by atoms with Crippen LogP contribution in [-0.2, 0) is 20.2 Å². The van der Waals surface area contributed by atoms with Gasteiger partial charge in [-0.25, -0.2) is 9.59 Å². The predicted molar refractivity (Wildman–Crippen MR) is 128 cm³/mol. The van der Waals surface area contributed by atoms with E-state index >= 15 is 0 Å². The van der Waals surface area contributed by atoms with E-state index < -0.39 is 41.8 Å². The monoisotopic (exact) mass is 506 g/mol. The van der Waals surface area contributed by atoms with Gasteiger partial charge in [-0.05, 0) is 24.3 Å². The van der Waals surface area contributed by atoms with Gasteiger partial charge in [-0.1, -0.05) is 55.5 Å². The molecular weight excluding hydrogens is 484 g/mol. The van der Waals surface area contributed by atoms with Gasteiger partial charge in [-0.3, -0.25) is 19.9 Å². The van der Waals surface area contributed by atoms with E-state index in [0.29, 0.717) is 4.68 Å². The Morgan fingerprint density at radius 2 is 1.54 bits per heavy atom. The Balaban J connectivity index is 1.84. The zero-order chi connectivity index (χ0) is 26.6. The van der Waals surface area contributed by atoms with Gasteiger partial charge in [-0.2, -0.15) is 4.98 Å². The lowest BCUT2D eigenvalue weighted by molar-refractivity contribution is -0.252. The SMILES string of the molecule is CC(C)C(=O)Nc1nc2c(nnn2C(CO)(OC(=O)c2ccccc2)OC(=O)c2ccccc2)c(=O)[nH]1. The number of carbonyl (C=O) groups is 3. The fraction of sp³-hybridized carbons (Fsp3) is 0.208. The van der Waals surface area contributed by atoms with Crippen LogP contribution in [0.15, 0.2) is 65.5 Å². The number of aromatic nitrogens is 5. The van der Waals surface area contributed by atoms with Crippen molar-refractivity contribution in [3.63, 3.8) is 0 Å². The third-order valence-electron chi connectivity index (χ3n) is 5.12. The molecule has 13 nitrogen and oxygen atoms in total. The van der Waals surface area contributed by atoms with Crippen molar-refractivity contribution >= 4 is 35.0 Å². The number of esters is 2. The van der Waals surface area contributed by atoms with Gasteiger partial charge in [-0.15, -0.1) is 9.78 Å². The number of aliphatic hydroxyl groups excluding tert-OH is 1. The normalized spacial score (nSPS) is 11.4. The molecule has 0 radical (unpaired) electrons. The van der Waals surface area contributed by atoms with Crippen molar-refractivity contribution in [3.05, 3.63) is 82.1 Å². The Morgan fingerprint density at radius 3 is 2.03 bits per heavy atom. The summed E-state index contributed by atoms with van der Waals surface area (Å²) in [5.41, 5.74) is -1.29. The number of H-pyrrole nitrogens is 1. The Hall–Kier alpha value is -4.91. The first kappa shape index (κ1) is 25.2. The van der Waals surface area contributed by atoms with Gasteiger partial charge >= 0.3 is 17.8 Å². The first-order valence-corrected chi connectivity index (χ1v) is 11.1. The minimum absolute atomic E-state index is 0.0798. The van der Waals surface area contributed by atoms with Crippen molar-refractivity contribution in [2.75, 3.05) is 11.9 Å². The average Bonchev–Trinajstić information content (AvgIpc) is 3.34. The molecule has 0 saturated carbocycles. The van der Waals surface area contributed by atoms with Crippen LogP contribution in [-0.4, -0.2) is 54.5 Å². The molecule has 0 spiro atoms. The molecule has 0 saturated heterocycles.